The molecule has 23 heavy (non-hydrogen) atoms. The largest absolute Gasteiger partial charge is 0.416 e. The zero-order chi connectivity index (χ0) is 16.5. The number of carbonyl (C=O) groups excluding carboxylic acids is 1. The lowest BCUT2D eigenvalue weighted by Crippen LogP contribution is -2.41. The second-order valence-corrected chi connectivity index (χ2v) is 5.34. The molecule has 130 valence electrons. The van der Waals surface area contributed by atoms with Gasteiger partial charge in [-0.15, -0.1) is 12.4 Å². The summed E-state index contributed by atoms with van der Waals surface area (Å²) in [7, 11) is 1.30. The van der Waals surface area contributed by atoms with Crippen molar-refractivity contribution in [1.29, 1.82) is 0 Å². The van der Waals surface area contributed by atoms with Gasteiger partial charge >= 0.3 is 6.18 Å². The van der Waals surface area contributed by atoms with Gasteiger partial charge in [-0.05, 0) is 11.6 Å². The van der Waals surface area contributed by atoms with Gasteiger partial charge in [-0.2, -0.15) is 13.2 Å². The molecule has 0 aliphatic carbocycles. The van der Waals surface area contributed by atoms with Gasteiger partial charge in [0.2, 0.25) is 5.91 Å². The van der Waals surface area contributed by atoms with E-state index in [2.05, 4.69) is 5.32 Å². The summed E-state index contributed by atoms with van der Waals surface area (Å²) in [5.74, 6) is -3.61. The zero-order valence-electron chi connectivity index (χ0n) is 12.2. The lowest BCUT2D eigenvalue weighted by molar-refractivity contribution is -0.140. The summed E-state index contributed by atoms with van der Waals surface area (Å²) in [6.45, 7) is -0.894. The highest BCUT2D eigenvalue weighted by molar-refractivity contribution is 5.85. The van der Waals surface area contributed by atoms with E-state index in [0.717, 1.165) is 11.0 Å². The highest BCUT2D eigenvalue weighted by atomic mass is 35.5. The highest BCUT2D eigenvalue weighted by Gasteiger charge is 2.43. The summed E-state index contributed by atoms with van der Waals surface area (Å²) in [5.41, 5.74) is -0.907. The first-order chi connectivity index (χ1) is 10.1. The summed E-state index contributed by atoms with van der Waals surface area (Å²) in [5, 5.41) is 2.39. The lowest BCUT2D eigenvalue weighted by Gasteiger charge is -2.23. The van der Waals surface area contributed by atoms with Gasteiger partial charge in [-0.25, -0.2) is 8.78 Å². The van der Waals surface area contributed by atoms with E-state index in [1.165, 1.54) is 25.2 Å². The highest BCUT2D eigenvalue weighted by Crippen LogP contribution is 2.32. The average molecular weight is 359 g/mol. The monoisotopic (exact) mass is 358 g/mol. The first-order valence-corrected chi connectivity index (χ1v) is 6.61. The summed E-state index contributed by atoms with van der Waals surface area (Å²) in [4.78, 5) is 13.1. The van der Waals surface area contributed by atoms with Gasteiger partial charge in [0.1, 0.15) is 0 Å². The lowest BCUT2D eigenvalue weighted by atomic mass is 10.1. The Morgan fingerprint density at radius 1 is 1.35 bits per heavy atom. The standard InChI is InChI=1S/C14H15F5N2O.ClH/c1-21(12(22)11-6-13(15,16)8-20-11)7-9-4-2-3-5-10(9)14(17,18)19;/h2-5,11,20H,6-8H2,1H3;1H. The van der Waals surface area contributed by atoms with Gasteiger partial charge in [-0.3, -0.25) is 10.1 Å². The van der Waals surface area contributed by atoms with E-state index in [4.69, 9.17) is 0 Å². The Morgan fingerprint density at radius 3 is 2.48 bits per heavy atom. The summed E-state index contributed by atoms with van der Waals surface area (Å²) < 4.78 is 64.8. The molecule has 1 aliphatic heterocycles. The van der Waals surface area contributed by atoms with Crippen LogP contribution in [0.1, 0.15) is 17.5 Å². The van der Waals surface area contributed by atoms with Gasteiger partial charge in [0.15, 0.2) is 0 Å². The van der Waals surface area contributed by atoms with E-state index in [9.17, 15) is 26.7 Å². The van der Waals surface area contributed by atoms with Crippen molar-refractivity contribution in [3.05, 3.63) is 35.4 Å². The SMILES string of the molecule is CN(Cc1ccccc1C(F)(F)F)C(=O)C1CC(F)(F)CN1.Cl. The van der Waals surface area contributed by atoms with Crippen molar-refractivity contribution in [2.24, 2.45) is 0 Å². The Morgan fingerprint density at radius 2 is 1.96 bits per heavy atom. The van der Waals surface area contributed by atoms with Crippen LogP contribution >= 0.6 is 12.4 Å². The van der Waals surface area contributed by atoms with E-state index >= 15 is 0 Å². The van der Waals surface area contributed by atoms with Crippen LogP contribution in [0.15, 0.2) is 24.3 Å². The third kappa shape index (κ3) is 4.78. The number of halogens is 6. The topological polar surface area (TPSA) is 32.3 Å². The van der Waals surface area contributed by atoms with Crippen LogP contribution in [-0.2, 0) is 17.5 Å². The molecule has 1 fully saturated rings. The minimum Gasteiger partial charge on any atom is -0.340 e. The molecule has 1 aromatic rings. The number of alkyl halides is 5. The Bertz CT molecular complexity index is 564. The number of benzene rings is 1. The van der Waals surface area contributed by atoms with Gasteiger partial charge in [0.05, 0.1) is 18.2 Å². The third-order valence-electron chi connectivity index (χ3n) is 3.51. The fourth-order valence-corrected chi connectivity index (χ4v) is 2.42. The number of likely N-dealkylation sites (N-methyl/N-ethyl adjacent to an activating group) is 1. The summed E-state index contributed by atoms with van der Waals surface area (Å²) in [6.07, 6.45) is -5.17. The van der Waals surface area contributed by atoms with E-state index < -0.39 is 42.6 Å². The number of carbonyl (C=O) groups is 1. The number of rotatable bonds is 3. The average Bonchev–Trinajstić information content (AvgIpc) is 2.77. The fraction of sp³-hybridized carbons (Fsp3) is 0.500. The zero-order valence-corrected chi connectivity index (χ0v) is 13.0. The van der Waals surface area contributed by atoms with Crippen molar-refractivity contribution < 1.29 is 26.7 Å². The van der Waals surface area contributed by atoms with Crippen molar-refractivity contribution in [2.75, 3.05) is 13.6 Å². The summed E-state index contributed by atoms with van der Waals surface area (Å²) in [6, 6.07) is 3.81. The number of hydrogen-bond acceptors (Lipinski definition) is 2. The Kier molecular flexibility index (Phi) is 5.98. The smallest absolute Gasteiger partial charge is 0.340 e. The van der Waals surface area contributed by atoms with Gasteiger partial charge in [-0.1, -0.05) is 18.2 Å². The third-order valence-corrected chi connectivity index (χ3v) is 3.51. The molecule has 2 rings (SSSR count). The molecule has 1 aromatic carbocycles. The number of hydrogen-bond donors (Lipinski definition) is 1. The van der Waals surface area contributed by atoms with Crippen LogP contribution < -0.4 is 5.32 Å². The van der Waals surface area contributed by atoms with Crippen molar-refractivity contribution >= 4 is 18.3 Å². The molecule has 1 N–H and O–H groups in total. The van der Waals surface area contributed by atoms with Crippen molar-refractivity contribution in [3.63, 3.8) is 0 Å². The molecule has 3 nitrogen and oxygen atoms in total. The van der Waals surface area contributed by atoms with Crippen LogP contribution in [0, 0.1) is 0 Å². The first kappa shape index (κ1) is 19.6. The minimum absolute atomic E-state index is 0. The van der Waals surface area contributed by atoms with Crippen molar-refractivity contribution in [1.82, 2.24) is 10.2 Å². The van der Waals surface area contributed by atoms with Crippen molar-refractivity contribution in [2.45, 2.75) is 31.1 Å². The molecule has 1 heterocycles. The maximum absolute atomic E-state index is 13.1. The Labute approximate surface area is 136 Å². The second-order valence-electron chi connectivity index (χ2n) is 5.34. The summed E-state index contributed by atoms with van der Waals surface area (Å²) >= 11 is 0. The van der Waals surface area contributed by atoms with Gasteiger partial charge < -0.3 is 4.90 Å². The number of nitrogens with one attached hydrogen (secondary N) is 1. The van der Waals surface area contributed by atoms with E-state index in [1.807, 2.05) is 0 Å². The molecule has 0 radical (unpaired) electrons. The molecule has 1 unspecified atom stereocenters. The fourth-order valence-electron chi connectivity index (χ4n) is 2.42. The van der Waals surface area contributed by atoms with E-state index in [1.54, 1.807) is 0 Å². The first-order valence-electron chi connectivity index (χ1n) is 6.61. The van der Waals surface area contributed by atoms with Crippen LogP contribution in [0.2, 0.25) is 0 Å². The van der Waals surface area contributed by atoms with Crippen LogP contribution in [0.3, 0.4) is 0 Å². The molecule has 0 aromatic heterocycles. The van der Waals surface area contributed by atoms with Crippen molar-refractivity contribution in [3.8, 4) is 0 Å². The quantitative estimate of drug-likeness (QED) is 0.842. The van der Waals surface area contributed by atoms with E-state index in [-0.39, 0.29) is 24.5 Å². The van der Waals surface area contributed by atoms with Gasteiger partial charge in [0.25, 0.3) is 5.92 Å². The number of nitrogens with zero attached hydrogens (tertiary/aromatic N) is 1. The second kappa shape index (κ2) is 7.00. The molecule has 0 bridgehead atoms. The molecule has 9 heteroatoms. The number of amides is 1. The van der Waals surface area contributed by atoms with Gasteiger partial charge in [0, 0.05) is 20.0 Å². The Hall–Kier alpha value is -1.41. The van der Waals surface area contributed by atoms with Crippen LogP contribution in [0.5, 0.6) is 0 Å². The normalized spacial score (nSPS) is 20.0. The molecule has 1 atom stereocenters. The maximum atomic E-state index is 13.1. The molecule has 1 amide bonds. The van der Waals surface area contributed by atoms with Crippen LogP contribution in [-0.4, -0.2) is 36.4 Å². The predicted octanol–water partition coefficient (Wildman–Crippen LogP) is 3.08. The Balaban J connectivity index is 0.00000264. The predicted molar refractivity (Wildman–Crippen MR) is 76.5 cm³/mol. The maximum Gasteiger partial charge on any atom is 0.416 e. The van der Waals surface area contributed by atoms with Crippen LogP contribution in [0.25, 0.3) is 0 Å². The van der Waals surface area contributed by atoms with Crippen LogP contribution in [0.4, 0.5) is 22.0 Å². The minimum atomic E-state index is -4.53. The molecule has 0 saturated carbocycles. The molecule has 1 aliphatic rings. The molecular formula is C14H16ClF5N2O. The molecule has 0 spiro atoms. The molecule has 1 saturated heterocycles. The molecular weight excluding hydrogens is 343 g/mol. The van der Waals surface area contributed by atoms with E-state index in [0.29, 0.717) is 0 Å².